The zero-order chi connectivity index (χ0) is 21.7. The first-order valence-corrected chi connectivity index (χ1v) is 10.8. The Hall–Kier alpha value is -2.53. The molecule has 0 spiro atoms. The Morgan fingerprint density at radius 1 is 1.17 bits per heavy atom. The van der Waals surface area contributed by atoms with Crippen molar-refractivity contribution >= 4 is 23.4 Å². The van der Waals surface area contributed by atoms with Gasteiger partial charge in [0, 0.05) is 29.6 Å². The third-order valence-corrected chi connectivity index (χ3v) is 6.21. The second kappa shape index (κ2) is 9.98. The van der Waals surface area contributed by atoms with Gasteiger partial charge in [0.2, 0.25) is 5.91 Å². The van der Waals surface area contributed by atoms with E-state index in [-0.39, 0.29) is 17.7 Å². The minimum absolute atomic E-state index is 0.0114. The first-order chi connectivity index (χ1) is 14.4. The van der Waals surface area contributed by atoms with Crippen molar-refractivity contribution in [2.75, 3.05) is 20.2 Å². The van der Waals surface area contributed by atoms with Crippen LogP contribution in [0.2, 0.25) is 5.02 Å². The summed E-state index contributed by atoms with van der Waals surface area (Å²) in [6, 6.07) is 14.2. The maximum atomic E-state index is 13.3. The number of halogens is 1. The second-order valence-electron chi connectivity index (χ2n) is 7.89. The summed E-state index contributed by atoms with van der Waals surface area (Å²) in [5.74, 6) is 0.892. The molecule has 0 bridgehead atoms. The molecule has 0 aromatic heterocycles. The molecule has 160 valence electrons. The molecule has 0 radical (unpaired) electrons. The first-order valence-electron chi connectivity index (χ1n) is 10.4. The maximum Gasteiger partial charge on any atom is 0.251 e. The SMILES string of the molecule is CCC(C)C(NC(=O)c1ccc(Cl)cc1)C(=O)N1CCC(c2ccc(OC)cc2)C1. The number of nitrogens with zero attached hydrogens (tertiary/aromatic N) is 1. The third kappa shape index (κ3) is 5.14. The average molecular weight is 429 g/mol. The Morgan fingerprint density at radius 3 is 2.43 bits per heavy atom. The van der Waals surface area contributed by atoms with E-state index in [1.807, 2.05) is 30.9 Å². The molecule has 2 amide bonds. The molecule has 2 aromatic rings. The van der Waals surface area contributed by atoms with E-state index in [4.69, 9.17) is 16.3 Å². The summed E-state index contributed by atoms with van der Waals surface area (Å²) >= 11 is 5.91. The van der Waals surface area contributed by atoms with Crippen LogP contribution in [0.4, 0.5) is 0 Å². The molecule has 3 rings (SSSR count). The third-order valence-electron chi connectivity index (χ3n) is 5.96. The van der Waals surface area contributed by atoms with E-state index < -0.39 is 6.04 Å². The molecule has 30 heavy (non-hydrogen) atoms. The van der Waals surface area contributed by atoms with E-state index >= 15 is 0 Å². The van der Waals surface area contributed by atoms with Gasteiger partial charge in [-0.3, -0.25) is 9.59 Å². The molecule has 1 aliphatic heterocycles. The number of carbonyl (C=O) groups is 2. The van der Waals surface area contributed by atoms with Gasteiger partial charge in [-0.25, -0.2) is 0 Å². The molecule has 5 nitrogen and oxygen atoms in total. The van der Waals surface area contributed by atoms with E-state index in [1.165, 1.54) is 5.56 Å². The van der Waals surface area contributed by atoms with E-state index in [0.29, 0.717) is 29.6 Å². The largest absolute Gasteiger partial charge is 0.497 e. The lowest BCUT2D eigenvalue weighted by atomic mass is 9.97. The standard InChI is InChI=1S/C24H29ClN2O3/c1-4-16(2)22(26-23(28)18-5-9-20(25)10-6-18)24(29)27-14-13-19(15-27)17-7-11-21(30-3)12-8-17/h5-12,16,19,22H,4,13-15H2,1-3H3,(H,26,28). The molecule has 1 aliphatic rings. The van der Waals surface area contributed by atoms with Crippen LogP contribution >= 0.6 is 11.6 Å². The molecule has 3 unspecified atom stereocenters. The summed E-state index contributed by atoms with van der Waals surface area (Å²) in [6.45, 7) is 5.39. The summed E-state index contributed by atoms with van der Waals surface area (Å²) in [6.07, 6.45) is 1.71. The summed E-state index contributed by atoms with van der Waals surface area (Å²) in [5, 5.41) is 3.53. The molecule has 3 atom stereocenters. The summed E-state index contributed by atoms with van der Waals surface area (Å²) in [4.78, 5) is 27.9. The predicted octanol–water partition coefficient (Wildman–Crippen LogP) is 4.51. The number of methoxy groups -OCH3 is 1. The van der Waals surface area contributed by atoms with Crippen LogP contribution in [0.25, 0.3) is 0 Å². The molecular weight excluding hydrogens is 400 g/mol. The fourth-order valence-electron chi connectivity index (χ4n) is 3.81. The molecule has 1 heterocycles. The zero-order valence-electron chi connectivity index (χ0n) is 17.7. The van der Waals surface area contributed by atoms with Gasteiger partial charge < -0.3 is 15.0 Å². The molecule has 1 fully saturated rings. The Morgan fingerprint density at radius 2 is 1.83 bits per heavy atom. The van der Waals surface area contributed by atoms with E-state index in [2.05, 4.69) is 17.4 Å². The molecule has 0 saturated carbocycles. The van der Waals surface area contributed by atoms with Crippen molar-refractivity contribution in [2.45, 2.75) is 38.6 Å². The Labute approximate surface area is 183 Å². The van der Waals surface area contributed by atoms with E-state index in [1.54, 1.807) is 31.4 Å². The molecular formula is C24H29ClN2O3. The number of hydrogen-bond acceptors (Lipinski definition) is 3. The van der Waals surface area contributed by atoms with Gasteiger partial charge in [0.1, 0.15) is 11.8 Å². The highest BCUT2D eigenvalue weighted by Gasteiger charge is 2.34. The van der Waals surface area contributed by atoms with Crippen molar-refractivity contribution < 1.29 is 14.3 Å². The van der Waals surface area contributed by atoms with E-state index in [0.717, 1.165) is 18.6 Å². The highest BCUT2D eigenvalue weighted by atomic mass is 35.5. The van der Waals surface area contributed by atoms with Gasteiger partial charge in [-0.1, -0.05) is 44.0 Å². The van der Waals surface area contributed by atoms with Gasteiger partial charge in [-0.15, -0.1) is 0 Å². The van der Waals surface area contributed by atoms with Crippen LogP contribution in [-0.2, 0) is 4.79 Å². The number of amides is 2. The number of ether oxygens (including phenoxy) is 1. The number of hydrogen-bond donors (Lipinski definition) is 1. The lowest BCUT2D eigenvalue weighted by molar-refractivity contribution is -0.133. The Balaban J connectivity index is 1.69. The number of benzene rings is 2. The van der Waals surface area contributed by atoms with Crippen LogP contribution in [0.15, 0.2) is 48.5 Å². The monoisotopic (exact) mass is 428 g/mol. The van der Waals surface area contributed by atoms with Crippen molar-refractivity contribution in [1.82, 2.24) is 10.2 Å². The van der Waals surface area contributed by atoms with Gasteiger partial charge in [0.05, 0.1) is 7.11 Å². The number of nitrogens with one attached hydrogen (secondary N) is 1. The van der Waals surface area contributed by atoms with Crippen molar-refractivity contribution in [3.05, 3.63) is 64.7 Å². The maximum absolute atomic E-state index is 13.3. The number of rotatable bonds is 7. The van der Waals surface area contributed by atoms with Gasteiger partial charge >= 0.3 is 0 Å². The second-order valence-corrected chi connectivity index (χ2v) is 8.32. The summed E-state index contributed by atoms with van der Waals surface area (Å²) in [5.41, 5.74) is 1.70. The van der Waals surface area contributed by atoms with Crippen LogP contribution in [0.3, 0.4) is 0 Å². The number of carbonyl (C=O) groups excluding carboxylic acids is 2. The minimum atomic E-state index is -0.548. The van der Waals surface area contributed by atoms with Crippen molar-refractivity contribution in [3.63, 3.8) is 0 Å². The van der Waals surface area contributed by atoms with Gasteiger partial charge in [0.15, 0.2) is 0 Å². The van der Waals surface area contributed by atoms with Gasteiger partial charge in [0.25, 0.3) is 5.91 Å². The average Bonchev–Trinajstić information content (AvgIpc) is 3.27. The Bertz CT molecular complexity index is 867. The first kappa shape index (κ1) is 22.2. The smallest absolute Gasteiger partial charge is 0.251 e. The van der Waals surface area contributed by atoms with Crippen LogP contribution < -0.4 is 10.1 Å². The summed E-state index contributed by atoms with van der Waals surface area (Å²) < 4.78 is 5.23. The fourth-order valence-corrected chi connectivity index (χ4v) is 3.94. The van der Waals surface area contributed by atoms with Crippen LogP contribution in [-0.4, -0.2) is 43.0 Å². The lowest BCUT2D eigenvalue weighted by Gasteiger charge is -2.28. The zero-order valence-corrected chi connectivity index (χ0v) is 18.5. The Kier molecular flexibility index (Phi) is 7.38. The number of likely N-dealkylation sites (tertiary alicyclic amines) is 1. The predicted molar refractivity (Wildman–Crippen MR) is 119 cm³/mol. The van der Waals surface area contributed by atoms with Crippen LogP contribution in [0, 0.1) is 5.92 Å². The minimum Gasteiger partial charge on any atom is -0.497 e. The normalized spacial score (nSPS) is 18.0. The topological polar surface area (TPSA) is 58.6 Å². The van der Waals surface area contributed by atoms with Crippen LogP contribution in [0.1, 0.15) is 48.5 Å². The molecule has 1 N–H and O–H groups in total. The molecule has 2 aromatic carbocycles. The fraction of sp³-hybridized carbons (Fsp3) is 0.417. The van der Waals surface area contributed by atoms with Crippen molar-refractivity contribution in [2.24, 2.45) is 5.92 Å². The van der Waals surface area contributed by atoms with Crippen molar-refractivity contribution in [3.8, 4) is 5.75 Å². The molecule has 0 aliphatic carbocycles. The highest BCUT2D eigenvalue weighted by Crippen LogP contribution is 2.29. The highest BCUT2D eigenvalue weighted by molar-refractivity contribution is 6.30. The molecule has 6 heteroatoms. The van der Waals surface area contributed by atoms with Gasteiger partial charge in [-0.05, 0) is 54.3 Å². The molecule has 1 saturated heterocycles. The van der Waals surface area contributed by atoms with Gasteiger partial charge in [-0.2, -0.15) is 0 Å². The lowest BCUT2D eigenvalue weighted by Crippen LogP contribution is -2.51. The van der Waals surface area contributed by atoms with Crippen LogP contribution in [0.5, 0.6) is 5.75 Å². The quantitative estimate of drug-likeness (QED) is 0.705. The summed E-state index contributed by atoms with van der Waals surface area (Å²) in [7, 11) is 1.65. The van der Waals surface area contributed by atoms with Crippen molar-refractivity contribution in [1.29, 1.82) is 0 Å². The van der Waals surface area contributed by atoms with E-state index in [9.17, 15) is 9.59 Å².